The summed E-state index contributed by atoms with van der Waals surface area (Å²) in [6, 6.07) is 16.5. The van der Waals surface area contributed by atoms with Crippen molar-refractivity contribution in [3.63, 3.8) is 0 Å². The van der Waals surface area contributed by atoms with Crippen LogP contribution in [0, 0.1) is 5.92 Å². The maximum Gasteiger partial charge on any atom is 0.0557 e. The number of anilines is 1. The molecule has 3 unspecified atom stereocenters. The Bertz CT molecular complexity index is 910. The number of allylic oxidation sites excluding steroid dienone is 3. The second-order valence-electron chi connectivity index (χ2n) is 9.50. The van der Waals surface area contributed by atoms with Gasteiger partial charge in [-0.15, -0.1) is 0 Å². The molecule has 0 saturated heterocycles. The highest BCUT2D eigenvalue weighted by Gasteiger charge is 2.28. The van der Waals surface area contributed by atoms with E-state index < -0.39 is 0 Å². The molecule has 1 N–H and O–H groups in total. The summed E-state index contributed by atoms with van der Waals surface area (Å²) in [4.78, 5) is 0. The van der Waals surface area contributed by atoms with Crippen LogP contribution in [0.4, 0.5) is 5.69 Å². The Morgan fingerprint density at radius 3 is 2.73 bits per heavy atom. The summed E-state index contributed by atoms with van der Waals surface area (Å²) in [5.74, 6) is 1.02. The summed E-state index contributed by atoms with van der Waals surface area (Å²) < 4.78 is 0. The van der Waals surface area contributed by atoms with Gasteiger partial charge in [-0.05, 0) is 80.2 Å². The molecule has 4 rings (SSSR count). The van der Waals surface area contributed by atoms with Gasteiger partial charge in [0.25, 0.3) is 0 Å². The predicted molar refractivity (Wildman–Crippen MR) is 130 cm³/mol. The molecule has 1 aliphatic heterocycles. The molecule has 0 spiro atoms. The molecule has 0 saturated carbocycles. The first-order valence-corrected chi connectivity index (χ1v) is 11.9. The average molecular weight is 400 g/mol. The summed E-state index contributed by atoms with van der Waals surface area (Å²) in [5.41, 5.74) is 10.1. The monoisotopic (exact) mass is 399 g/mol. The molecule has 0 amide bonds. The van der Waals surface area contributed by atoms with Crippen LogP contribution in [0.15, 0.2) is 66.3 Å². The van der Waals surface area contributed by atoms with Crippen LogP contribution in [0.2, 0.25) is 0 Å². The van der Waals surface area contributed by atoms with E-state index in [1.807, 2.05) is 0 Å². The van der Waals surface area contributed by atoms with Gasteiger partial charge in [0.15, 0.2) is 0 Å². The molecular formula is C29H37N. The van der Waals surface area contributed by atoms with Gasteiger partial charge in [-0.2, -0.15) is 0 Å². The van der Waals surface area contributed by atoms with Crippen molar-refractivity contribution in [3.05, 3.63) is 88.5 Å². The van der Waals surface area contributed by atoms with Gasteiger partial charge >= 0.3 is 0 Å². The number of fused-ring (bicyclic) bond motifs is 1. The molecule has 30 heavy (non-hydrogen) atoms. The van der Waals surface area contributed by atoms with Crippen molar-refractivity contribution in [3.8, 4) is 0 Å². The lowest BCUT2D eigenvalue weighted by Crippen LogP contribution is -2.18. The highest BCUT2D eigenvalue weighted by atomic mass is 14.9. The van der Waals surface area contributed by atoms with E-state index in [9.17, 15) is 0 Å². The van der Waals surface area contributed by atoms with Crippen LogP contribution in [0.5, 0.6) is 0 Å². The van der Waals surface area contributed by atoms with E-state index >= 15 is 0 Å². The van der Waals surface area contributed by atoms with E-state index in [-0.39, 0.29) is 0 Å². The third kappa shape index (κ3) is 4.41. The number of aryl methyl sites for hydroxylation is 1. The Labute approximate surface area is 183 Å². The fourth-order valence-corrected chi connectivity index (χ4v) is 5.37. The lowest BCUT2D eigenvalue weighted by molar-refractivity contribution is 0.482. The summed E-state index contributed by atoms with van der Waals surface area (Å²) in [6.07, 6.45) is 11.1. The smallest absolute Gasteiger partial charge is 0.0557 e. The van der Waals surface area contributed by atoms with Crippen molar-refractivity contribution in [1.29, 1.82) is 0 Å². The summed E-state index contributed by atoms with van der Waals surface area (Å²) in [5, 5.41) is 3.82. The van der Waals surface area contributed by atoms with E-state index in [1.165, 1.54) is 77.6 Å². The molecule has 0 fully saturated rings. The van der Waals surface area contributed by atoms with E-state index in [4.69, 9.17) is 0 Å². The first-order valence-electron chi connectivity index (χ1n) is 11.9. The van der Waals surface area contributed by atoms with E-state index in [2.05, 4.69) is 81.2 Å². The van der Waals surface area contributed by atoms with Crippen molar-refractivity contribution in [1.82, 2.24) is 0 Å². The van der Waals surface area contributed by atoms with Crippen LogP contribution in [0.3, 0.4) is 0 Å². The lowest BCUT2D eigenvalue weighted by Gasteiger charge is -2.31. The molecule has 158 valence electrons. The molecule has 1 heteroatoms. The fraction of sp³-hybridized carbons (Fsp3) is 0.448. The van der Waals surface area contributed by atoms with Gasteiger partial charge in [-0.3, -0.25) is 0 Å². The molecule has 1 aliphatic carbocycles. The molecule has 1 nitrogen and oxygen atoms in total. The average Bonchev–Trinajstić information content (AvgIpc) is 3.18. The van der Waals surface area contributed by atoms with Gasteiger partial charge in [0.05, 0.1) is 6.04 Å². The summed E-state index contributed by atoms with van der Waals surface area (Å²) >= 11 is 0. The van der Waals surface area contributed by atoms with Crippen LogP contribution in [-0.2, 0) is 12.8 Å². The summed E-state index contributed by atoms with van der Waals surface area (Å²) in [7, 11) is 0. The highest BCUT2D eigenvalue weighted by molar-refractivity contribution is 5.59. The Morgan fingerprint density at radius 1 is 1.13 bits per heavy atom. The second-order valence-corrected chi connectivity index (χ2v) is 9.50. The van der Waals surface area contributed by atoms with Crippen LogP contribution >= 0.6 is 0 Å². The Hall–Kier alpha value is -2.28. The van der Waals surface area contributed by atoms with Gasteiger partial charge in [-0.25, -0.2) is 0 Å². The second kappa shape index (κ2) is 9.25. The van der Waals surface area contributed by atoms with Crippen molar-refractivity contribution in [2.24, 2.45) is 5.92 Å². The summed E-state index contributed by atoms with van der Waals surface area (Å²) in [6.45, 7) is 11.1. The lowest BCUT2D eigenvalue weighted by atomic mass is 9.73. The molecule has 0 radical (unpaired) electrons. The zero-order chi connectivity index (χ0) is 21.1. The normalized spacial score (nSPS) is 22.9. The first-order chi connectivity index (χ1) is 14.6. The predicted octanol–water partition coefficient (Wildman–Crippen LogP) is 8.14. The van der Waals surface area contributed by atoms with Gasteiger partial charge in [0.1, 0.15) is 0 Å². The molecule has 3 atom stereocenters. The van der Waals surface area contributed by atoms with Gasteiger partial charge in [0, 0.05) is 11.6 Å². The molecular weight excluding hydrogens is 362 g/mol. The number of hydrogen-bond acceptors (Lipinski definition) is 1. The van der Waals surface area contributed by atoms with Gasteiger partial charge in [-0.1, -0.05) is 80.0 Å². The maximum absolute atomic E-state index is 4.33. The third-order valence-corrected chi connectivity index (χ3v) is 7.13. The standard InChI is InChI=1S/C29H37N/c1-5-6-7-10-22-14-15-23(26-17-21(4)13-16-25(26)20(2)3)18-27(22)29-19-24-11-8-9-12-28(24)30-29/h8-9,11-12,14-15,17-18,25-26,29-30H,2,5-7,10,13,16,19H2,1,3-4H3. The van der Waals surface area contributed by atoms with Gasteiger partial charge in [0.2, 0.25) is 0 Å². The first kappa shape index (κ1) is 21.0. The minimum absolute atomic E-state index is 0.385. The Morgan fingerprint density at radius 2 is 1.97 bits per heavy atom. The fourth-order valence-electron chi connectivity index (χ4n) is 5.37. The number of nitrogens with one attached hydrogen (secondary N) is 1. The van der Waals surface area contributed by atoms with E-state index in [0.717, 1.165) is 6.42 Å². The molecule has 0 bridgehead atoms. The zero-order valence-corrected chi connectivity index (χ0v) is 19.0. The third-order valence-electron chi connectivity index (χ3n) is 7.13. The van der Waals surface area contributed by atoms with Crippen LogP contribution in [-0.4, -0.2) is 0 Å². The maximum atomic E-state index is 4.33. The van der Waals surface area contributed by atoms with E-state index in [0.29, 0.717) is 17.9 Å². The van der Waals surface area contributed by atoms with Crippen LogP contribution in [0.25, 0.3) is 0 Å². The molecule has 2 aromatic carbocycles. The zero-order valence-electron chi connectivity index (χ0n) is 19.0. The quantitative estimate of drug-likeness (QED) is 0.366. The number of para-hydroxylation sites is 1. The van der Waals surface area contributed by atoms with E-state index in [1.54, 1.807) is 0 Å². The van der Waals surface area contributed by atoms with Crippen molar-refractivity contribution in [2.45, 2.75) is 77.7 Å². The van der Waals surface area contributed by atoms with Crippen LogP contribution < -0.4 is 5.32 Å². The number of benzene rings is 2. The minimum Gasteiger partial charge on any atom is -0.378 e. The SMILES string of the molecule is C=C(C)C1CCC(C)=CC1c1ccc(CCCCC)c(C2Cc3ccccc3N2)c1. The topological polar surface area (TPSA) is 12.0 Å². The highest BCUT2D eigenvalue weighted by Crippen LogP contribution is 2.42. The van der Waals surface area contributed by atoms with Crippen molar-refractivity contribution >= 4 is 5.69 Å². The van der Waals surface area contributed by atoms with Gasteiger partial charge < -0.3 is 5.32 Å². The Kier molecular flexibility index (Phi) is 6.46. The molecule has 2 aromatic rings. The van der Waals surface area contributed by atoms with Crippen molar-refractivity contribution < 1.29 is 0 Å². The number of unbranched alkanes of at least 4 members (excludes halogenated alkanes) is 2. The minimum atomic E-state index is 0.385. The van der Waals surface area contributed by atoms with Crippen molar-refractivity contribution in [2.75, 3.05) is 5.32 Å². The molecule has 0 aromatic heterocycles. The molecule has 2 aliphatic rings. The number of rotatable bonds is 7. The number of hydrogen-bond donors (Lipinski definition) is 1. The van der Waals surface area contributed by atoms with Crippen LogP contribution in [0.1, 0.15) is 87.1 Å². The largest absolute Gasteiger partial charge is 0.378 e. The Balaban J connectivity index is 1.69. The molecule has 1 heterocycles.